The monoisotopic (exact) mass is 493 g/mol. The fourth-order valence-electron chi connectivity index (χ4n) is 4.36. The summed E-state index contributed by atoms with van der Waals surface area (Å²) in [5.74, 6) is 0. The molecular formula is C24H33Cl2N5O2. The minimum atomic E-state index is 0. The zero-order valence-corrected chi connectivity index (χ0v) is 20.3. The molecule has 0 aliphatic carbocycles. The molecule has 1 aliphatic rings. The Labute approximate surface area is 206 Å². The molecule has 1 aliphatic heterocycles. The second-order valence-corrected chi connectivity index (χ2v) is 8.02. The number of rotatable bonds is 9. The van der Waals surface area contributed by atoms with Gasteiger partial charge in [0.1, 0.15) is 6.61 Å². The fraction of sp³-hybridized carbons (Fsp3) is 0.417. The van der Waals surface area contributed by atoms with Gasteiger partial charge in [-0.05, 0) is 49.9 Å². The zero-order chi connectivity index (χ0) is 21.5. The van der Waals surface area contributed by atoms with Crippen LogP contribution >= 0.6 is 24.8 Å². The Kier molecular flexibility index (Phi) is 10.9. The molecule has 2 aromatic carbocycles. The number of nitrogens with zero attached hydrogens (tertiary/aromatic N) is 3. The van der Waals surface area contributed by atoms with Crippen molar-refractivity contribution in [2.75, 3.05) is 32.8 Å². The van der Waals surface area contributed by atoms with E-state index in [1.807, 2.05) is 47.0 Å². The number of aromatic amines is 1. The Morgan fingerprint density at radius 1 is 1.06 bits per heavy atom. The van der Waals surface area contributed by atoms with Crippen LogP contribution in [0.4, 0.5) is 0 Å². The minimum absolute atomic E-state index is 0. The van der Waals surface area contributed by atoms with Gasteiger partial charge in [-0.25, -0.2) is 4.79 Å². The SMILES string of the molecule is Cl.Cl.NCCO/N=C(\CCCN1CCC(n2c(=O)[nH]c3ccccc32)CC1)c1ccccc1. The molecule has 0 saturated carbocycles. The number of likely N-dealkylation sites (tertiary alicyclic amines) is 1. The average Bonchev–Trinajstić information content (AvgIpc) is 3.15. The van der Waals surface area contributed by atoms with Gasteiger partial charge in [-0.15, -0.1) is 24.8 Å². The molecule has 4 rings (SSSR count). The van der Waals surface area contributed by atoms with Crippen molar-refractivity contribution in [1.29, 1.82) is 0 Å². The van der Waals surface area contributed by atoms with Crippen LogP contribution in [0.3, 0.4) is 0 Å². The van der Waals surface area contributed by atoms with Crippen molar-refractivity contribution < 1.29 is 4.84 Å². The zero-order valence-electron chi connectivity index (χ0n) is 18.7. The molecule has 2 heterocycles. The number of para-hydroxylation sites is 2. The van der Waals surface area contributed by atoms with Crippen LogP contribution in [-0.4, -0.2) is 52.9 Å². The number of piperidine rings is 1. The molecule has 1 fully saturated rings. The molecule has 33 heavy (non-hydrogen) atoms. The Balaban J connectivity index is 0.00000193. The van der Waals surface area contributed by atoms with E-state index in [9.17, 15) is 4.79 Å². The number of hydrogen-bond donors (Lipinski definition) is 2. The first-order valence-corrected chi connectivity index (χ1v) is 11.1. The molecule has 0 bridgehead atoms. The van der Waals surface area contributed by atoms with Gasteiger partial charge in [-0.1, -0.05) is 47.6 Å². The van der Waals surface area contributed by atoms with Crippen molar-refractivity contribution in [3.8, 4) is 0 Å². The van der Waals surface area contributed by atoms with Gasteiger partial charge >= 0.3 is 5.69 Å². The van der Waals surface area contributed by atoms with Crippen LogP contribution in [0.1, 0.15) is 37.3 Å². The highest BCUT2D eigenvalue weighted by molar-refractivity contribution is 6.00. The minimum Gasteiger partial charge on any atom is -0.394 e. The Bertz CT molecular complexity index is 1060. The van der Waals surface area contributed by atoms with Gasteiger partial charge in [0.2, 0.25) is 0 Å². The highest BCUT2D eigenvalue weighted by Crippen LogP contribution is 2.25. The first-order valence-electron chi connectivity index (χ1n) is 11.1. The number of fused-ring (bicyclic) bond motifs is 1. The van der Waals surface area contributed by atoms with Crippen molar-refractivity contribution in [2.45, 2.75) is 31.7 Å². The van der Waals surface area contributed by atoms with E-state index in [2.05, 4.69) is 27.2 Å². The number of nitrogens with two attached hydrogens (primary N) is 1. The largest absolute Gasteiger partial charge is 0.394 e. The summed E-state index contributed by atoms with van der Waals surface area (Å²) < 4.78 is 1.95. The van der Waals surface area contributed by atoms with E-state index in [1.54, 1.807) is 0 Å². The second kappa shape index (κ2) is 13.4. The molecule has 7 nitrogen and oxygen atoms in total. The van der Waals surface area contributed by atoms with Crippen molar-refractivity contribution in [1.82, 2.24) is 14.5 Å². The number of aromatic nitrogens is 2. The summed E-state index contributed by atoms with van der Waals surface area (Å²) in [5.41, 5.74) is 9.50. The molecule has 0 spiro atoms. The lowest BCUT2D eigenvalue weighted by molar-refractivity contribution is 0.151. The number of nitrogens with one attached hydrogen (secondary N) is 1. The summed E-state index contributed by atoms with van der Waals surface area (Å²) in [5, 5.41) is 4.33. The van der Waals surface area contributed by atoms with E-state index >= 15 is 0 Å². The molecule has 3 aromatic rings. The van der Waals surface area contributed by atoms with E-state index in [4.69, 9.17) is 10.6 Å². The molecule has 180 valence electrons. The maximum Gasteiger partial charge on any atom is 0.326 e. The normalized spacial score (nSPS) is 15.1. The number of H-pyrrole nitrogens is 1. The summed E-state index contributed by atoms with van der Waals surface area (Å²) in [7, 11) is 0. The molecule has 9 heteroatoms. The van der Waals surface area contributed by atoms with Crippen molar-refractivity contribution in [3.05, 3.63) is 70.6 Å². The number of imidazole rings is 1. The lowest BCUT2D eigenvalue weighted by Crippen LogP contribution is -2.37. The first-order chi connectivity index (χ1) is 15.3. The third-order valence-corrected chi connectivity index (χ3v) is 5.93. The summed E-state index contributed by atoms with van der Waals surface area (Å²) >= 11 is 0. The molecular weight excluding hydrogens is 461 g/mol. The second-order valence-electron chi connectivity index (χ2n) is 8.02. The maximum atomic E-state index is 12.5. The van der Waals surface area contributed by atoms with Gasteiger partial charge in [0.25, 0.3) is 0 Å². The van der Waals surface area contributed by atoms with Crippen LogP contribution in [0.5, 0.6) is 0 Å². The maximum absolute atomic E-state index is 12.5. The Hall–Kier alpha value is -2.32. The van der Waals surface area contributed by atoms with Crippen LogP contribution in [0.2, 0.25) is 0 Å². The van der Waals surface area contributed by atoms with Crippen LogP contribution in [0.25, 0.3) is 11.0 Å². The summed E-state index contributed by atoms with van der Waals surface area (Å²) in [4.78, 5) is 23.3. The van der Waals surface area contributed by atoms with Crippen LogP contribution in [0.15, 0.2) is 64.5 Å². The smallest absolute Gasteiger partial charge is 0.326 e. The fourth-order valence-corrected chi connectivity index (χ4v) is 4.36. The summed E-state index contributed by atoms with van der Waals surface area (Å²) in [6.45, 7) is 3.89. The molecule has 0 atom stereocenters. The number of hydrogen-bond acceptors (Lipinski definition) is 5. The van der Waals surface area contributed by atoms with E-state index < -0.39 is 0 Å². The summed E-state index contributed by atoms with van der Waals surface area (Å²) in [6, 6.07) is 18.4. The van der Waals surface area contributed by atoms with Crippen LogP contribution < -0.4 is 11.4 Å². The third kappa shape index (κ3) is 6.84. The van der Waals surface area contributed by atoms with Crippen molar-refractivity contribution in [2.24, 2.45) is 10.9 Å². The number of halogens is 2. The number of oxime groups is 1. The molecule has 0 amide bonds. The lowest BCUT2D eigenvalue weighted by atomic mass is 10.0. The van der Waals surface area contributed by atoms with Gasteiger partial charge in [0.15, 0.2) is 0 Å². The summed E-state index contributed by atoms with van der Waals surface area (Å²) in [6.07, 6.45) is 3.84. The highest BCUT2D eigenvalue weighted by Gasteiger charge is 2.23. The van der Waals surface area contributed by atoms with Crippen molar-refractivity contribution >= 4 is 41.6 Å². The van der Waals surface area contributed by atoms with Gasteiger partial charge in [0.05, 0.1) is 16.7 Å². The topological polar surface area (TPSA) is 88.6 Å². The number of benzene rings is 2. The predicted octanol–water partition coefficient (Wildman–Crippen LogP) is 3.97. The van der Waals surface area contributed by atoms with E-state index in [-0.39, 0.29) is 36.5 Å². The quantitative estimate of drug-likeness (QED) is 0.268. The van der Waals surface area contributed by atoms with E-state index in [0.717, 1.165) is 67.6 Å². The lowest BCUT2D eigenvalue weighted by Gasteiger charge is -2.32. The van der Waals surface area contributed by atoms with E-state index in [0.29, 0.717) is 13.2 Å². The average molecular weight is 494 g/mol. The van der Waals surface area contributed by atoms with Crippen LogP contribution in [0, 0.1) is 0 Å². The first kappa shape index (κ1) is 26.9. The molecule has 1 aromatic heterocycles. The van der Waals surface area contributed by atoms with Gasteiger partial charge in [0, 0.05) is 25.7 Å². The van der Waals surface area contributed by atoms with Crippen molar-refractivity contribution in [3.63, 3.8) is 0 Å². The van der Waals surface area contributed by atoms with Gasteiger partial charge in [-0.3, -0.25) is 4.57 Å². The Morgan fingerprint density at radius 3 is 2.48 bits per heavy atom. The third-order valence-electron chi connectivity index (χ3n) is 5.93. The van der Waals surface area contributed by atoms with Crippen LogP contribution in [-0.2, 0) is 4.84 Å². The van der Waals surface area contributed by atoms with Gasteiger partial charge in [-0.2, -0.15) is 0 Å². The van der Waals surface area contributed by atoms with E-state index in [1.165, 1.54) is 0 Å². The molecule has 0 radical (unpaired) electrons. The molecule has 1 saturated heterocycles. The molecule has 0 unspecified atom stereocenters. The van der Waals surface area contributed by atoms with Gasteiger partial charge < -0.3 is 20.5 Å². The highest BCUT2D eigenvalue weighted by atomic mass is 35.5. The Morgan fingerprint density at radius 2 is 1.76 bits per heavy atom. The predicted molar refractivity (Wildman–Crippen MR) is 139 cm³/mol. The molecule has 3 N–H and O–H groups in total. The standard InChI is InChI=1S/C24H31N5O2.2ClH/c25-14-18-31-27-21(19-7-2-1-3-8-19)10-6-15-28-16-12-20(13-17-28)29-23-11-5-4-9-22(23)26-24(29)30;;/h1-5,7-9,11,20H,6,10,12-18,25H2,(H,26,30);2*1H/b27-21+;;.